The molecule has 0 aliphatic heterocycles. The van der Waals surface area contributed by atoms with Gasteiger partial charge in [0.1, 0.15) is 16.2 Å². The molecule has 23 heavy (non-hydrogen) atoms. The van der Waals surface area contributed by atoms with Gasteiger partial charge >= 0.3 is 0 Å². The SMILES string of the molecule is COc1cccc(C(=O)CSc2nc3[nH]c(=O)cc(O)c3s2)c1. The number of carbonyl (C=O) groups excluding carboxylic acids is 1. The van der Waals surface area contributed by atoms with Crippen molar-refractivity contribution in [3.05, 3.63) is 46.2 Å². The molecule has 0 aliphatic rings. The molecule has 8 heteroatoms. The van der Waals surface area contributed by atoms with Crippen molar-refractivity contribution in [2.75, 3.05) is 12.9 Å². The Morgan fingerprint density at radius 3 is 3.04 bits per heavy atom. The van der Waals surface area contributed by atoms with Gasteiger partial charge in [-0.1, -0.05) is 23.9 Å². The number of methoxy groups -OCH3 is 1. The first kappa shape index (κ1) is 15.6. The van der Waals surface area contributed by atoms with Gasteiger partial charge in [0.15, 0.2) is 15.8 Å². The van der Waals surface area contributed by atoms with Gasteiger partial charge in [-0.05, 0) is 12.1 Å². The summed E-state index contributed by atoms with van der Waals surface area (Å²) < 4.78 is 6.21. The van der Waals surface area contributed by atoms with Crippen LogP contribution in [0.2, 0.25) is 0 Å². The summed E-state index contributed by atoms with van der Waals surface area (Å²) in [6.07, 6.45) is 0. The van der Waals surface area contributed by atoms with Crippen LogP contribution in [0.3, 0.4) is 0 Å². The van der Waals surface area contributed by atoms with E-state index in [0.29, 0.717) is 26.0 Å². The molecule has 0 atom stereocenters. The first-order chi connectivity index (χ1) is 11.1. The van der Waals surface area contributed by atoms with Crippen LogP contribution in [0.1, 0.15) is 10.4 Å². The van der Waals surface area contributed by atoms with Crippen LogP contribution in [0, 0.1) is 0 Å². The number of ether oxygens (including phenoxy) is 1. The number of nitrogens with zero attached hydrogens (tertiary/aromatic N) is 1. The van der Waals surface area contributed by atoms with Crippen molar-refractivity contribution in [3.8, 4) is 11.5 Å². The van der Waals surface area contributed by atoms with Crippen LogP contribution in [0.15, 0.2) is 39.5 Å². The van der Waals surface area contributed by atoms with Gasteiger partial charge in [-0.25, -0.2) is 4.98 Å². The maximum atomic E-state index is 12.2. The maximum absolute atomic E-state index is 12.2. The van der Waals surface area contributed by atoms with E-state index < -0.39 is 5.56 Å². The second-order valence-electron chi connectivity index (χ2n) is 4.62. The summed E-state index contributed by atoms with van der Waals surface area (Å²) in [5.74, 6) is 0.680. The van der Waals surface area contributed by atoms with Crippen LogP contribution >= 0.6 is 23.1 Å². The lowest BCUT2D eigenvalue weighted by molar-refractivity contribution is 0.102. The van der Waals surface area contributed by atoms with Crippen molar-refractivity contribution >= 4 is 39.2 Å². The lowest BCUT2D eigenvalue weighted by atomic mass is 10.1. The number of Topliss-reactive ketones (excluding diaryl/α,β-unsaturated/α-hetero) is 1. The Hall–Kier alpha value is -2.32. The number of rotatable bonds is 5. The van der Waals surface area contributed by atoms with E-state index in [1.807, 2.05) is 0 Å². The molecule has 3 rings (SSSR count). The number of H-pyrrole nitrogens is 1. The average Bonchev–Trinajstić information content (AvgIpc) is 2.96. The van der Waals surface area contributed by atoms with Gasteiger partial charge < -0.3 is 14.8 Å². The highest BCUT2D eigenvalue weighted by molar-refractivity contribution is 8.01. The molecule has 118 valence electrons. The van der Waals surface area contributed by atoms with E-state index in [2.05, 4.69) is 9.97 Å². The molecule has 0 unspecified atom stereocenters. The topological polar surface area (TPSA) is 92.3 Å². The van der Waals surface area contributed by atoms with Crippen molar-refractivity contribution in [1.82, 2.24) is 9.97 Å². The minimum absolute atomic E-state index is 0.0501. The minimum Gasteiger partial charge on any atom is -0.506 e. The Kier molecular flexibility index (Phi) is 4.35. The first-order valence-electron chi connectivity index (χ1n) is 6.59. The molecule has 0 aliphatic carbocycles. The van der Waals surface area contributed by atoms with Gasteiger partial charge in [0.25, 0.3) is 5.56 Å². The lowest BCUT2D eigenvalue weighted by Crippen LogP contribution is -2.03. The predicted molar refractivity (Wildman–Crippen MR) is 90.0 cm³/mol. The molecule has 0 spiro atoms. The van der Waals surface area contributed by atoms with Gasteiger partial charge in [-0.2, -0.15) is 0 Å². The number of hydrogen-bond donors (Lipinski definition) is 2. The van der Waals surface area contributed by atoms with E-state index in [1.54, 1.807) is 31.4 Å². The van der Waals surface area contributed by atoms with Gasteiger partial charge in [-0.3, -0.25) is 9.59 Å². The van der Waals surface area contributed by atoms with E-state index in [-0.39, 0.29) is 17.3 Å². The maximum Gasteiger partial charge on any atom is 0.253 e. The number of benzene rings is 1. The third kappa shape index (κ3) is 3.38. The second kappa shape index (κ2) is 6.43. The molecule has 2 heterocycles. The summed E-state index contributed by atoms with van der Waals surface area (Å²) in [7, 11) is 1.55. The van der Waals surface area contributed by atoms with Gasteiger partial charge in [0.2, 0.25) is 0 Å². The monoisotopic (exact) mass is 348 g/mol. The van der Waals surface area contributed by atoms with Gasteiger partial charge in [0, 0.05) is 11.6 Å². The van der Waals surface area contributed by atoms with Crippen LogP contribution in [0.25, 0.3) is 10.3 Å². The molecule has 1 aromatic carbocycles. The highest BCUT2D eigenvalue weighted by atomic mass is 32.2. The number of aromatic amines is 1. The predicted octanol–water partition coefficient (Wildman–Crippen LogP) is 2.67. The van der Waals surface area contributed by atoms with E-state index in [4.69, 9.17) is 4.74 Å². The number of hydrogen-bond acceptors (Lipinski definition) is 7. The summed E-state index contributed by atoms with van der Waals surface area (Å²) in [4.78, 5) is 30.3. The number of nitrogens with one attached hydrogen (secondary N) is 1. The molecule has 0 radical (unpaired) electrons. The van der Waals surface area contributed by atoms with Crippen LogP contribution in [0.4, 0.5) is 0 Å². The van der Waals surface area contributed by atoms with Crippen LogP contribution in [-0.2, 0) is 0 Å². The lowest BCUT2D eigenvalue weighted by Gasteiger charge is -2.02. The largest absolute Gasteiger partial charge is 0.506 e. The molecular weight excluding hydrogens is 336 g/mol. The van der Waals surface area contributed by atoms with Gasteiger partial charge in [0.05, 0.1) is 12.9 Å². The fourth-order valence-electron chi connectivity index (χ4n) is 1.97. The number of thiazole rings is 1. The van der Waals surface area contributed by atoms with Crippen LogP contribution in [0.5, 0.6) is 11.5 Å². The number of pyridine rings is 1. The Balaban J connectivity index is 1.76. The third-order valence-electron chi connectivity index (χ3n) is 3.07. The highest BCUT2D eigenvalue weighted by Gasteiger charge is 2.13. The summed E-state index contributed by atoms with van der Waals surface area (Å²) in [6, 6.07) is 8.06. The van der Waals surface area contributed by atoms with Crippen LogP contribution < -0.4 is 10.3 Å². The minimum atomic E-state index is -0.413. The Labute approximate surface area is 139 Å². The van der Waals surface area contributed by atoms with Crippen molar-refractivity contribution in [3.63, 3.8) is 0 Å². The Morgan fingerprint density at radius 1 is 1.43 bits per heavy atom. The summed E-state index contributed by atoms with van der Waals surface area (Å²) >= 11 is 2.49. The highest BCUT2D eigenvalue weighted by Crippen LogP contribution is 2.33. The van der Waals surface area contributed by atoms with E-state index in [9.17, 15) is 14.7 Å². The number of thioether (sulfide) groups is 1. The van der Waals surface area contributed by atoms with Gasteiger partial charge in [-0.15, -0.1) is 11.3 Å². The molecular formula is C15H12N2O4S2. The van der Waals surface area contributed by atoms with Crippen LogP contribution in [-0.4, -0.2) is 33.7 Å². The van der Waals surface area contributed by atoms with Crippen molar-refractivity contribution in [2.45, 2.75) is 4.34 Å². The number of ketones is 1. The molecule has 0 saturated heterocycles. The second-order valence-corrected chi connectivity index (χ2v) is 6.84. The Morgan fingerprint density at radius 2 is 2.26 bits per heavy atom. The van der Waals surface area contributed by atoms with Crippen molar-refractivity contribution < 1.29 is 14.6 Å². The summed E-state index contributed by atoms with van der Waals surface area (Å²) in [6.45, 7) is 0. The Bertz CT molecular complexity index is 933. The van der Waals surface area contributed by atoms with E-state index >= 15 is 0 Å². The fourth-order valence-corrected chi connectivity index (χ4v) is 3.88. The first-order valence-corrected chi connectivity index (χ1v) is 8.40. The number of carbonyl (C=O) groups is 1. The molecule has 2 aromatic heterocycles. The zero-order valence-corrected chi connectivity index (χ0v) is 13.7. The average molecular weight is 348 g/mol. The van der Waals surface area contributed by atoms with E-state index in [1.165, 1.54) is 23.1 Å². The fraction of sp³-hybridized carbons (Fsp3) is 0.133. The molecule has 2 N–H and O–H groups in total. The smallest absolute Gasteiger partial charge is 0.253 e. The quantitative estimate of drug-likeness (QED) is 0.544. The molecule has 0 saturated carbocycles. The standard InChI is InChI=1S/C15H12N2O4S2/c1-21-9-4-2-3-8(5-9)11(19)7-22-15-17-14-13(23-15)10(18)6-12(20)16-14/h2-6H,7H2,1H3,(H2,16,18,20). The van der Waals surface area contributed by atoms with Crippen molar-refractivity contribution in [1.29, 1.82) is 0 Å². The normalized spacial score (nSPS) is 10.8. The third-order valence-corrected chi connectivity index (χ3v) is 5.29. The van der Waals surface area contributed by atoms with Crippen molar-refractivity contribution in [2.24, 2.45) is 0 Å². The molecule has 0 bridgehead atoms. The number of aromatic nitrogens is 2. The number of fused-ring (bicyclic) bond motifs is 1. The molecule has 0 fully saturated rings. The summed E-state index contributed by atoms with van der Waals surface area (Å²) in [5.41, 5.74) is 0.481. The molecule has 0 amide bonds. The summed E-state index contributed by atoms with van der Waals surface area (Å²) in [5, 5.41) is 9.74. The van der Waals surface area contributed by atoms with E-state index in [0.717, 1.165) is 6.07 Å². The molecule has 3 aromatic rings. The zero-order chi connectivity index (χ0) is 16.4. The number of aromatic hydroxyl groups is 1. The molecule has 6 nitrogen and oxygen atoms in total. The zero-order valence-electron chi connectivity index (χ0n) is 12.0.